The lowest BCUT2D eigenvalue weighted by Crippen LogP contribution is -2.02. The molecule has 0 aliphatic rings. The maximum Gasteiger partial charge on any atom is 0.126 e. The number of benzene rings is 1. The minimum absolute atomic E-state index is 0.727. The van der Waals surface area contributed by atoms with Gasteiger partial charge in [0.2, 0.25) is 0 Å². The predicted octanol–water partition coefficient (Wildman–Crippen LogP) is 3.31. The third kappa shape index (κ3) is 3.17. The Bertz CT molecular complexity index is 523. The quantitative estimate of drug-likeness (QED) is 0.827. The van der Waals surface area contributed by atoms with E-state index in [0.29, 0.717) is 0 Å². The highest BCUT2D eigenvalue weighted by atomic mass is 32.2. The van der Waals surface area contributed by atoms with Crippen molar-refractivity contribution in [3.05, 3.63) is 47.7 Å². The van der Waals surface area contributed by atoms with Crippen LogP contribution in [0.5, 0.6) is 0 Å². The fourth-order valence-electron chi connectivity index (χ4n) is 1.60. The molecule has 1 heterocycles. The molecule has 3 nitrogen and oxygen atoms in total. The van der Waals surface area contributed by atoms with Crippen molar-refractivity contribution in [3.63, 3.8) is 0 Å². The Morgan fingerprint density at radius 2 is 2.00 bits per heavy atom. The van der Waals surface area contributed by atoms with E-state index in [9.17, 15) is 0 Å². The van der Waals surface area contributed by atoms with Gasteiger partial charge in [0.1, 0.15) is 5.82 Å². The molecule has 2 aromatic rings. The van der Waals surface area contributed by atoms with Gasteiger partial charge < -0.3 is 11.1 Å². The van der Waals surface area contributed by atoms with Gasteiger partial charge in [-0.15, -0.1) is 11.8 Å². The first kappa shape index (κ1) is 12.8. The highest BCUT2D eigenvalue weighted by Crippen LogP contribution is 2.16. The molecule has 3 N–H and O–H groups in total. The Morgan fingerprint density at radius 3 is 2.61 bits per heavy atom. The van der Waals surface area contributed by atoms with Crippen LogP contribution in [0.4, 0.5) is 11.5 Å². The highest BCUT2D eigenvalue weighted by molar-refractivity contribution is 7.98. The van der Waals surface area contributed by atoms with Crippen LogP contribution in [0.1, 0.15) is 11.1 Å². The largest absolute Gasteiger partial charge is 0.397 e. The maximum atomic E-state index is 5.74. The first-order valence-electron chi connectivity index (χ1n) is 5.78. The normalized spacial score (nSPS) is 10.3. The van der Waals surface area contributed by atoms with Gasteiger partial charge >= 0.3 is 0 Å². The van der Waals surface area contributed by atoms with Crippen LogP contribution in [-0.2, 0) is 6.54 Å². The fraction of sp³-hybridized carbons (Fsp3) is 0.214. The van der Waals surface area contributed by atoms with Crippen LogP contribution in [0.25, 0.3) is 0 Å². The van der Waals surface area contributed by atoms with E-state index in [1.165, 1.54) is 10.5 Å². The summed E-state index contributed by atoms with van der Waals surface area (Å²) in [7, 11) is 0. The Balaban J connectivity index is 1.99. The smallest absolute Gasteiger partial charge is 0.126 e. The van der Waals surface area contributed by atoms with Crippen molar-refractivity contribution >= 4 is 23.3 Å². The van der Waals surface area contributed by atoms with Gasteiger partial charge in [-0.05, 0) is 42.5 Å². The lowest BCUT2D eigenvalue weighted by Gasteiger charge is -2.08. The van der Waals surface area contributed by atoms with Crippen molar-refractivity contribution in [1.82, 2.24) is 4.98 Å². The number of aryl methyl sites for hydroxylation is 1. The number of rotatable bonds is 4. The molecule has 94 valence electrons. The van der Waals surface area contributed by atoms with E-state index in [4.69, 9.17) is 5.73 Å². The summed E-state index contributed by atoms with van der Waals surface area (Å²) in [5.41, 5.74) is 8.75. The minimum Gasteiger partial charge on any atom is -0.397 e. The number of aromatic nitrogens is 1. The SMILES string of the molecule is CSc1ccc(CNc2cc(C)c(N)cn2)cc1. The van der Waals surface area contributed by atoms with Gasteiger partial charge in [-0.25, -0.2) is 4.98 Å². The molecular weight excluding hydrogens is 242 g/mol. The summed E-state index contributed by atoms with van der Waals surface area (Å²) < 4.78 is 0. The second kappa shape index (κ2) is 5.78. The average Bonchev–Trinajstić information content (AvgIpc) is 2.41. The number of nitrogens with two attached hydrogens (primary N) is 1. The van der Waals surface area contributed by atoms with E-state index in [0.717, 1.165) is 23.6 Å². The van der Waals surface area contributed by atoms with E-state index in [2.05, 4.69) is 40.8 Å². The van der Waals surface area contributed by atoms with E-state index in [-0.39, 0.29) is 0 Å². The van der Waals surface area contributed by atoms with Crippen LogP contribution in [0, 0.1) is 6.92 Å². The van der Waals surface area contributed by atoms with Gasteiger partial charge in [-0.3, -0.25) is 0 Å². The third-order valence-electron chi connectivity index (χ3n) is 2.78. The average molecular weight is 259 g/mol. The summed E-state index contributed by atoms with van der Waals surface area (Å²) in [5.74, 6) is 0.857. The summed E-state index contributed by atoms with van der Waals surface area (Å²) >= 11 is 1.75. The van der Waals surface area contributed by atoms with Gasteiger partial charge in [0.15, 0.2) is 0 Å². The lowest BCUT2D eigenvalue weighted by atomic mass is 10.2. The summed E-state index contributed by atoms with van der Waals surface area (Å²) in [6.45, 7) is 2.75. The van der Waals surface area contributed by atoms with Gasteiger partial charge in [-0.1, -0.05) is 12.1 Å². The molecule has 0 aliphatic heterocycles. The monoisotopic (exact) mass is 259 g/mol. The van der Waals surface area contributed by atoms with Crippen molar-refractivity contribution in [2.75, 3.05) is 17.3 Å². The Hall–Kier alpha value is -1.68. The summed E-state index contributed by atoms with van der Waals surface area (Å²) in [6.07, 6.45) is 3.77. The highest BCUT2D eigenvalue weighted by Gasteiger charge is 1.99. The first-order chi connectivity index (χ1) is 8.69. The molecule has 0 spiro atoms. The van der Waals surface area contributed by atoms with Crippen molar-refractivity contribution in [2.24, 2.45) is 0 Å². The molecule has 0 radical (unpaired) electrons. The van der Waals surface area contributed by atoms with Gasteiger partial charge in [-0.2, -0.15) is 0 Å². The molecule has 18 heavy (non-hydrogen) atoms. The molecule has 1 aromatic carbocycles. The number of nitrogens with zero attached hydrogens (tertiary/aromatic N) is 1. The zero-order chi connectivity index (χ0) is 13.0. The summed E-state index contributed by atoms with van der Waals surface area (Å²) in [5, 5.41) is 3.29. The fourth-order valence-corrected chi connectivity index (χ4v) is 2.01. The number of nitrogen functional groups attached to an aromatic ring is 1. The van der Waals surface area contributed by atoms with E-state index in [1.54, 1.807) is 18.0 Å². The molecule has 0 bridgehead atoms. The molecule has 0 fully saturated rings. The molecule has 0 amide bonds. The molecular formula is C14H17N3S. The lowest BCUT2D eigenvalue weighted by molar-refractivity contribution is 1.10. The number of nitrogens with one attached hydrogen (secondary N) is 1. The van der Waals surface area contributed by atoms with Crippen molar-refractivity contribution < 1.29 is 0 Å². The molecule has 0 aliphatic carbocycles. The zero-order valence-corrected chi connectivity index (χ0v) is 11.4. The van der Waals surface area contributed by atoms with Crippen LogP contribution < -0.4 is 11.1 Å². The van der Waals surface area contributed by atoms with Crippen LogP contribution in [0.3, 0.4) is 0 Å². The molecule has 1 aromatic heterocycles. The van der Waals surface area contributed by atoms with Gasteiger partial charge in [0, 0.05) is 11.4 Å². The molecule has 0 saturated carbocycles. The molecule has 0 saturated heterocycles. The number of anilines is 2. The standard InChI is InChI=1S/C14H17N3S/c1-10-7-14(17-9-13(10)15)16-8-11-3-5-12(18-2)6-4-11/h3-7,9H,8,15H2,1-2H3,(H,16,17). The van der Waals surface area contributed by atoms with Crippen LogP contribution in [0.15, 0.2) is 41.4 Å². The van der Waals surface area contributed by atoms with Crippen LogP contribution in [0.2, 0.25) is 0 Å². The van der Waals surface area contributed by atoms with E-state index < -0.39 is 0 Å². The van der Waals surface area contributed by atoms with Crippen LogP contribution >= 0.6 is 11.8 Å². The number of pyridine rings is 1. The molecule has 4 heteroatoms. The Labute approximate surface area is 112 Å². The number of hydrogen-bond donors (Lipinski definition) is 2. The van der Waals surface area contributed by atoms with Crippen molar-refractivity contribution in [3.8, 4) is 0 Å². The topological polar surface area (TPSA) is 50.9 Å². The van der Waals surface area contributed by atoms with E-state index in [1.807, 2.05) is 13.0 Å². The number of thioether (sulfide) groups is 1. The second-order valence-corrected chi connectivity index (χ2v) is 5.01. The molecule has 0 atom stereocenters. The van der Waals surface area contributed by atoms with Gasteiger partial charge in [0.25, 0.3) is 0 Å². The van der Waals surface area contributed by atoms with Crippen LogP contribution in [-0.4, -0.2) is 11.2 Å². The maximum absolute atomic E-state index is 5.74. The molecule has 2 rings (SSSR count). The summed E-state index contributed by atoms with van der Waals surface area (Å²) in [4.78, 5) is 5.53. The Kier molecular flexibility index (Phi) is 4.10. The Morgan fingerprint density at radius 1 is 1.28 bits per heavy atom. The first-order valence-corrected chi connectivity index (χ1v) is 7.00. The predicted molar refractivity (Wildman–Crippen MR) is 78.9 cm³/mol. The third-order valence-corrected chi connectivity index (χ3v) is 3.53. The minimum atomic E-state index is 0.727. The van der Waals surface area contributed by atoms with Crippen molar-refractivity contribution in [2.45, 2.75) is 18.4 Å². The number of hydrogen-bond acceptors (Lipinski definition) is 4. The zero-order valence-electron chi connectivity index (χ0n) is 10.6. The van der Waals surface area contributed by atoms with E-state index >= 15 is 0 Å². The molecule has 0 unspecified atom stereocenters. The summed E-state index contributed by atoms with van der Waals surface area (Å²) in [6, 6.07) is 10.5. The van der Waals surface area contributed by atoms with Gasteiger partial charge in [0.05, 0.1) is 11.9 Å². The second-order valence-electron chi connectivity index (χ2n) is 4.13. The van der Waals surface area contributed by atoms with Crippen molar-refractivity contribution in [1.29, 1.82) is 0 Å².